The molecule has 2 aromatic rings. The van der Waals surface area contributed by atoms with Crippen LogP contribution >= 0.6 is 15.9 Å². The fourth-order valence-corrected chi connectivity index (χ4v) is 2.59. The molecule has 1 atom stereocenters. The fraction of sp³-hybridized carbons (Fsp3) is 0.312. The van der Waals surface area contributed by atoms with Gasteiger partial charge in [0.2, 0.25) is 0 Å². The maximum absolute atomic E-state index is 13.8. The highest BCUT2D eigenvalue weighted by atomic mass is 79.9. The molecule has 0 amide bonds. The first kappa shape index (κ1) is 15.1. The lowest BCUT2D eigenvalue weighted by atomic mass is 10.0. The number of aryl methyl sites for hydroxylation is 1. The quantitative estimate of drug-likeness (QED) is 0.868. The van der Waals surface area contributed by atoms with Crippen LogP contribution in [-0.2, 0) is 12.8 Å². The van der Waals surface area contributed by atoms with Gasteiger partial charge in [-0.3, -0.25) is 4.98 Å². The summed E-state index contributed by atoms with van der Waals surface area (Å²) in [6.07, 6.45) is 4.30. The molecule has 1 unspecified atom stereocenters. The van der Waals surface area contributed by atoms with Crippen LogP contribution in [-0.4, -0.2) is 18.1 Å². The molecule has 0 saturated carbocycles. The van der Waals surface area contributed by atoms with E-state index in [1.807, 2.05) is 31.3 Å². The Hall–Kier alpha value is -1.26. The van der Waals surface area contributed by atoms with Crippen LogP contribution in [0.25, 0.3) is 0 Å². The van der Waals surface area contributed by atoms with Crippen molar-refractivity contribution < 1.29 is 4.39 Å². The summed E-state index contributed by atoms with van der Waals surface area (Å²) in [6.45, 7) is 0. The van der Waals surface area contributed by atoms with Gasteiger partial charge in [-0.15, -0.1) is 0 Å². The molecule has 1 N–H and O–H groups in total. The Labute approximate surface area is 127 Å². The maximum atomic E-state index is 13.8. The van der Waals surface area contributed by atoms with Gasteiger partial charge < -0.3 is 5.32 Å². The molecule has 1 aromatic carbocycles. The van der Waals surface area contributed by atoms with Crippen LogP contribution < -0.4 is 5.32 Å². The van der Waals surface area contributed by atoms with E-state index >= 15 is 0 Å². The van der Waals surface area contributed by atoms with Crippen molar-refractivity contribution in [3.05, 3.63) is 64.1 Å². The highest BCUT2D eigenvalue weighted by molar-refractivity contribution is 9.10. The van der Waals surface area contributed by atoms with E-state index < -0.39 is 0 Å². The monoisotopic (exact) mass is 336 g/mol. The van der Waals surface area contributed by atoms with E-state index in [1.54, 1.807) is 12.3 Å². The molecule has 0 saturated heterocycles. The standard InChI is InChI=1S/C16H18BrFN2/c1-19-15(7-6-14-4-2-3-9-20-14)11-12-10-13(17)5-8-16(12)18/h2-5,8-10,15,19H,6-7,11H2,1H3. The Balaban J connectivity index is 1.97. The van der Waals surface area contributed by atoms with Gasteiger partial charge in [-0.2, -0.15) is 0 Å². The SMILES string of the molecule is CNC(CCc1ccccn1)Cc1cc(Br)ccc1F. The number of benzene rings is 1. The minimum atomic E-state index is -0.147. The van der Waals surface area contributed by atoms with Crippen LogP contribution in [0, 0.1) is 5.82 Å². The summed E-state index contributed by atoms with van der Waals surface area (Å²) in [5.74, 6) is -0.147. The number of hydrogen-bond donors (Lipinski definition) is 1. The molecule has 1 aromatic heterocycles. The van der Waals surface area contributed by atoms with Gasteiger partial charge in [-0.05, 0) is 62.2 Å². The Bertz CT molecular complexity index is 545. The molecule has 4 heteroatoms. The van der Waals surface area contributed by atoms with E-state index in [2.05, 4.69) is 26.2 Å². The Morgan fingerprint density at radius 2 is 2.15 bits per heavy atom. The third kappa shape index (κ3) is 4.39. The first-order valence-corrected chi connectivity index (χ1v) is 7.49. The summed E-state index contributed by atoms with van der Waals surface area (Å²) in [6, 6.07) is 11.2. The summed E-state index contributed by atoms with van der Waals surface area (Å²) < 4.78 is 14.7. The third-order valence-corrected chi connectivity index (χ3v) is 3.85. The molecule has 20 heavy (non-hydrogen) atoms. The number of aromatic nitrogens is 1. The number of hydrogen-bond acceptors (Lipinski definition) is 2. The highest BCUT2D eigenvalue weighted by Crippen LogP contribution is 2.18. The number of pyridine rings is 1. The predicted octanol–water partition coefficient (Wildman–Crippen LogP) is 3.75. The molecule has 0 aliphatic heterocycles. The lowest BCUT2D eigenvalue weighted by molar-refractivity contribution is 0.502. The van der Waals surface area contributed by atoms with E-state index in [-0.39, 0.29) is 11.9 Å². The molecule has 0 aliphatic carbocycles. The van der Waals surface area contributed by atoms with Crippen LogP contribution in [0.4, 0.5) is 4.39 Å². The molecular formula is C16H18BrFN2. The molecule has 1 heterocycles. The smallest absolute Gasteiger partial charge is 0.126 e. The van der Waals surface area contributed by atoms with E-state index in [0.29, 0.717) is 6.42 Å². The molecule has 0 bridgehead atoms. The van der Waals surface area contributed by atoms with Crippen LogP contribution in [0.2, 0.25) is 0 Å². The fourth-order valence-electron chi connectivity index (χ4n) is 2.18. The van der Waals surface area contributed by atoms with Crippen molar-refractivity contribution in [3.8, 4) is 0 Å². The average Bonchev–Trinajstić information content (AvgIpc) is 2.48. The van der Waals surface area contributed by atoms with Gasteiger partial charge in [-0.1, -0.05) is 22.0 Å². The lowest BCUT2D eigenvalue weighted by Crippen LogP contribution is -2.28. The van der Waals surface area contributed by atoms with Gasteiger partial charge in [0.25, 0.3) is 0 Å². The Morgan fingerprint density at radius 3 is 2.85 bits per heavy atom. The van der Waals surface area contributed by atoms with Crippen molar-refractivity contribution in [2.45, 2.75) is 25.3 Å². The summed E-state index contributed by atoms with van der Waals surface area (Å²) in [4.78, 5) is 4.31. The Morgan fingerprint density at radius 1 is 1.30 bits per heavy atom. The third-order valence-electron chi connectivity index (χ3n) is 3.36. The van der Waals surface area contributed by atoms with Gasteiger partial charge in [0.05, 0.1) is 0 Å². The second kappa shape index (κ2) is 7.50. The maximum Gasteiger partial charge on any atom is 0.126 e. The minimum Gasteiger partial charge on any atom is -0.317 e. The van der Waals surface area contributed by atoms with Crippen LogP contribution in [0.5, 0.6) is 0 Å². The number of nitrogens with one attached hydrogen (secondary N) is 1. The highest BCUT2D eigenvalue weighted by Gasteiger charge is 2.11. The van der Waals surface area contributed by atoms with Gasteiger partial charge in [0.15, 0.2) is 0 Å². The predicted molar refractivity (Wildman–Crippen MR) is 83.2 cm³/mol. The molecule has 2 rings (SSSR count). The summed E-state index contributed by atoms with van der Waals surface area (Å²) in [7, 11) is 1.92. The van der Waals surface area contributed by atoms with Crippen molar-refractivity contribution in [2.24, 2.45) is 0 Å². The first-order valence-electron chi connectivity index (χ1n) is 6.70. The summed E-state index contributed by atoms with van der Waals surface area (Å²) in [5, 5.41) is 3.26. The second-order valence-corrected chi connectivity index (χ2v) is 5.70. The normalized spacial score (nSPS) is 12.3. The van der Waals surface area contributed by atoms with Crippen LogP contribution in [0.3, 0.4) is 0 Å². The van der Waals surface area contributed by atoms with Crippen LogP contribution in [0.15, 0.2) is 47.1 Å². The zero-order chi connectivity index (χ0) is 14.4. The van der Waals surface area contributed by atoms with Gasteiger partial charge in [0.1, 0.15) is 5.82 Å². The van der Waals surface area contributed by atoms with Gasteiger partial charge in [-0.25, -0.2) is 4.39 Å². The number of rotatable bonds is 6. The largest absolute Gasteiger partial charge is 0.317 e. The number of likely N-dealkylation sites (N-methyl/N-ethyl adjacent to an activating group) is 1. The van der Waals surface area contributed by atoms with Gasteiger partial charge >= 0.3 is 0 Å². The molecule has 106 valence electrons. The molecule has 0 aliphatic rings. The minimum absolute atomic E-state index is 0.147. The molecule has 0 radical (unpaired) electrons. The summed E-state index contributed by atoms with van der Waals surface area (Å²) >= 11 is 3.39. The van der Waals surface area contributed by atoms with E-state index in [1.165, 1.54) is 6.07 Å². The Kier molecular flexibility index (Phi) is 5.68. The van der Waals surface area contributed by atoms with Crippen molar-refractivity contribution in [3.63, 3.8) is 0 Å². The van der Waals surface area contributed by atoms with E-state index in [0.717, 1.165) is 28.6 Å². The van der Waals surface area contributed by atoms with Crippen molar-refractivity contribution in [2.75, 3.05) is 7.05 Å². The zero-order valence-corrected chi connectivity index (χ0v) is 13.0. The van der Waals surface area contributed by atoms with Crippen molar-refractivity contribution in [1.82, 2.24) is 10.3 Å². The van der Waals surface area contributed by atoms with Gasteiger partial charge in [0, 0.05) is 22.4 Å². The second-order valence-electron chi connectivity index (χ2n) is 4.79. The van der Waals surface area contributed by atoms with Crippen molar-refractivity contribution in [1.29, 1.82) is 0 Å². The molecule has 0 spiro atoms. The first-order chi connectivity index (χ1) is 9.69. The molecular weight excluding hydrogens is 319 g/mol. The topological polar surface area (TPSA) is 24.9 Å². The van der Waals surface area contributed by atoms with E-state index in [4.69, 9.17) is 0 Å². The molecule has 2 nitrogen and oxygen atoms in total. The average molecular weight is 337 g/mol. The molecule has 0 fully saturated rings. The van der Waals surface area contributed by atoms with E-state index in [9.17, 15) is 4.39 Å². The number of nitrogens with zero attached hydrogens (tertiary/aromatic N) is 1. The lowest BCUT2D eigenvalue weighted by Gasteiger charge is -2.16. The van der Waals surface area contributed by atoms with Crippen molar-refractivity contribution >= 4 is 15.9 Å². The number of halogens is 2. The van der Waals surface area contributed by atoms with Crippen LogP contribution in [0.1, 0.15) is 17.7 Å². The zero-order valence-electron chi connectivity index (χ0n) is 11.4. The summed E-state index contributed by atoms with van der Waals surface area (Å²) in [5.41, 5.74) is 1.81.